The fourth-order valence-corrected chi connectivity index (χ4v) is 10.9. The zero-order chi connectivity index (χ0) is 37.6. The number of carbonyl (C=O) groups is 3. The van der Waals surface area contributed by atoms with Gasteiger partial charge in [0.05, 0.1) is 111 Å². The lowest BCUT2D eigenvalue weighted by Gasteiger charge is -2.43. The predicted molar refractivity (Wildman–Crippen MR) is 192 cm³/mol. The Morgan fingerprint density at radius 2 is 0.764 bits per heavy atom. The van der Waals surface area contributed by atoms with Crippen LogP contribution in [0.3, 0.4) is 0 Å². The summed E-state index contributed by atoms with van der Waals surface area (Å²) in [5, 5.41) is 22.6. The Bertz CT molecular complexity index is 1380. The molecule has 0 aromatic heterocycles. The van der Waals surface area contributed by atoms with Crippen LogP contribution in [0.4, 0.5) is 0 Å². The zero-order valence-corrected chi connectivity index (χ0v) is 32.1. The normalized spacial score (nSPS) is 47.2. The van der Waals surface area contributed by atoms with Gasteiger partial charge >= 0.3 is 17.9 Å². The maximum absolute atomic E-state index is 13.0. The Hall–Kier alpha value is -1.87. The van der Waals surface area contributed by atoms with Crippen LogP contribution < -0.4 is 0 Å². The van der Waals surface area contributed by atoms with Crippen LogP contribution in [0.25, 0.3) is 0 Å². The van der Waals surface area contributed by atoms with E-state index in [4.69, 9.17) is 37.9 Å². The van der Waals surface area contributed by atoms with Crippen LogP contribution in [0.2, 0.25) is 0 Å². The summed E-state index contributed by atoms with van der Waals surface area (Å²) in [6.07, 6.45) is 12.4. The second-order valence-corrected chi connectivity index (χ2v) is 18.7. The van der Waals surface area contributed by atoms with E-state index in [1.807, 2.05) is 0 Å². The Balaban J connectivity index is 0.760. The molecule has 18 unspecified atom stereocenters. The van der Waals surface area contributed by atoms with Crippen molar-refractivity contribution in [2.75, 3.05) is 19.8 Å². The van der Waals surface area contributed by atoms with E-state index in [-0.39, 0.29) is 90.0 Å². The van der Waals surface area contributed by atoms with Crippen molar-refractivity contribution in [1.29, 1.82) is 0 Å². The number of aliphatic hydroxyl groups is 2. The summed E-state index contributed by atoms with van der Waals surface area (Å²) in [6.45, 7) is 0.948. The smallest absolute Gasteiger partial charge is 0.309 e. The molecule has 0 aromatic carbocycles. The fraction of sp³-hybridized carbons (Fsp3) is 0.929. The second-order valence-electron chi connectivity index (χ2n) is 18.7. The number of epoxide rings is 3. The largest absolute Gasteiger partial charge is 0.465 e. The topological polar surface area (TPSA) is 175 Å². The van der Waals surface area contributed by atoms with Gasteiger partial charge in [-0.25, -0.2) is 0 Å². The molecule has 13 nitrogen and oxygen atoms in total. The molecule has 0 bridgehead atoms. The average molecular weight is 775 g/mol. The van der Waals surface area contributed by atoms with Gasteiger partial charge in [-0.1, -0.05) is 0 Å². The van der Waals surface area contributed by atoms with Crippen LogP contribution in [-0.2, 0) is 52.3 Å². The van der Waals surface area contributed by atoms with Gasteiger partial charge in [-0.2, -0.15) is 0 Å². The summed E-state index contributed by atoms with van der Waals surface area (Å²) < 4.78 is 47.6. The lowest BCUT2D eigenvalue weighted by molar-refractivity contribution is -0.197. The third-order valence-corrected chi connectivity index (χ3v) is 14.7. The van der Waals surface area contributed by atoms with Crippen LogP contribution in [-0.4, -0.2) is 121 Å². The van der Waals surface area contributed by atoms with Crippen molar-refractivity contribution in [3.05, 3.63) is 0 Å². The van der Waals surface area contributed by atoms with Crippen molar-refractivity contribution in [3.8, 4) is 0 Å². The van der Waals surface area contributed by atoms with Crippen LogP contribution in [0, 0.1) is 35.5 Å². The zero-order valence-electron chi connectivity index (χ0n) is 32.1. The van der Waals surface area contributed by atoms with Crippen molar-refractivity contribution < 1.29 is 62.5 Å². The number of ether oxygens (including phenoxy) is 8. The van der Waals surface area contributed by atoms with Gasteiger partial charge in [0.1, 0.15) is 0 Å². The monoisotopic (exact) mass is 774 g/mol. The van der Waals surface area contributed by atoms with Gasteiger partial charge in [0.25, 0.3) is 0 Å². The number of hydrogen-bond acceptors (Lipinski definition) is 13. The maximum Gasteiger partial charge on any atom is 0.309 e. The average Bonchev–Trinajstić information content (AvgIpc) is 4.08. The van der Waals surface area contributed by atoms with E-state index in [1.165, 1.54) is 0 Å². The fourth-order valence-electron chi connectivity index (χ4n) is 10.9. The van der Waals surface area contributed by atoms with Gasteiger partial charge in [-0.05, 0) is 133 Å². The highest BCUT2D eigenvalue weighted by atomic mass is 16.6. The van der Waals surface area contributed by atoms with E-state index in [1.54, 1.807) is 0 Å². The van der Waals surface area contributed by atoms with Gasteiger partial charge < -0.3 is 48.1 Å². The van der Waals surface area contributed by atoms with Crippen molar-refractivity contribution in [1.82, 2.24) is 0 Å². The van der Waals surface area contributed by atoms with E-state index in [2.05, 4.69) is 0 Å². The van der Waals surface area contributed by atoms with E-state index in [9.17, 15) is 24.6 Å². The summed E-state index contributed by atoms with van der Waals surface area (Å²) >= 11 is 0. The standard InChI is InChI=1S/C42H62O13/c43-28-13-22(19-48-40(45)25-4-10-33-37(16-25)53-33)1-7-30(28)51-32-9-3-24(21-50-42(47)27-6-12-35-39(18-27)55-35)15-36(32)52-31-8-2-23(14-29(31)44)20-49-41(46)26-5-11-34-38(17-26)54-34/h22-39,43-44H,1-21H2. The van der Waals surface area contributed by atoms with Crippen molar-refractivity contribution in [3.63, 3.8) is 0 Å². The van der Waals surface area contributed by atoms with E-state index < -0.39 is 18.3 Å². The predicted octanol–water partition coefficient (Wildman–Crippen LogP) is 3.95. The summed E-state index contributed by atoms with van der Waals surface area (Å²) in [7, 11) is 0. The van der Waals surface area contributed by atoms with Crippen LogP contribution >= 0.6 is 0 Å². The number of hydrogen-bond donors (Lipinski definition) is 2. The highest BCUT2D eigenvalue weighted by Crippen LogP contribution is 2.43. The summed E-state index contributed by atoms with van der Waals surface area (Å²) in [4.78, 5) is 38.5. The van der Waals surface area contributed by atoms with Crippen molar-refractivity contribution >= 4 is 17.9 Å². The van der Waals surface area contributed by atoms with E-state index >= 15 is 0 Å². The maximum atomic E-state index is 13.0. The Morgan fingerprint density at radius 1 is 0.400 bits per heavy atom. The minimum atomic E-state index is -0.707. The molecular weight excluding hydrogens is 712 g/mol. The molecular formula is C42H62O13. The SMILES string of the molecule is O=C(OCC1CCC(OC2CCC(COC(=O)C3CCC4OC4C3)CC2OC2CCC(COC(=O)C3CCC4OC4C3)CC2O)C(O)C1)C1CCC2OC2C1. The number of aliphatic hydroxyl groups excluding tert-OH is 2. The molecule has 2 N–H and O–H groups in total. The number of esters is 3. The van der Waals surface area contributed by atoms with E-state index in [0.717, 1.165) is 77.0 Å². The minimum absolute atomic E-state index is 0.0702. The molecule has 0 aromatic rings. The molecule has 6 saturated carbocycles. The Kier molecular flexibility index (Phi) is 11.8. The first-order chi connectivity index (χ1) is 26.7. The van der Waals surface area contributed by atoms with Gasteiger partial charge in [0.2, 0.25) is 0 Å². The van der Waals surface area contributed by atoms with Gasteiger partial charge in [-0.3, -0.25) is 14.4 Å². The molecule has 0 amide bonds. The molecule has 18 atom stereocenters. The highest BCUT2D eigenvalue weighted by molar-refractivity contribution is 5.73. The minimum Gasteiger partial charge on any atom is -0.465 e. The third kappa shape index (κ3) is 9.55. The Labute approximate surface area is 324 Å². The molecule has 9 rings (SSSR count). The number of rotatable bonds is 13. The quantitative estimate of drug-likeness (QED) is 0.157. The molecule has 6 aliphatic carbocycles. The van der Waals surface area contributed by atoms with Gasteiger partial charge in [0, 0.05) is 0 Å². The summed E-state index contributed by atoms with van der Waals surface area (Å²) in [5.41, 5.74) is 0. The first-order valence-electron chi connectivity index (χ1n) is 21.9. The van der Waals surface area contributed by atoms with E-state index in [0.29, 0.717) is 76.7 Å². The summed E-state index contributed by atoms with van der Waals surface area (Å²) in [6, 6.07) is 0. The van der Waals surface area contributed by atoms with Crippen LogP contribution in [0.15, 0.2) is 0 Å². The molecule has 3 saturated heterocycles. The van der Waals surface area contributed by atoms with Crippen molar-refractivity contribution in [2.24, 2.45) is 35.5 Å². The van der Waals surface area contributed by atoms with Gasteiger partial charge in [0.15, 0.2) is 0 Å². The Morgan fingerprint density at radius 3 is 1.15 bits per heavy atom. The molecule has 308 valence electrons. The molecule has 0 radical (unpaired) electrons. The molecule has 3 heterocycles. The molecule has 9 fully saturated rings. The number of carbonyl (C=O) groups excluding carboxylic acids is 3. The third-order valence-electron chi connectivity index (χ3n) is 14.7. The summed E-state index contributed by atoms with van der Waals surface area (Å²) in [5.74, 6) is -0.455. The first kappa shape index (κ1) is 38.6. The lowest BCUT2D eigenvalue weighted by atomic mass is 9.82. The second kappa shape index (κ2) is 16.8. The highest BCUT2D eigenvalue weighted by Gasteiger charge is 2.49. The number of fused-ring (bicyclic) bond motifs is 3. The molecule has 3 aliphatic heterocycles. The molecule has 13 heteroatoms. The lowest BCUT2D eigenvalue weighted by Crippen LogP contribution is -2.49. The molecule has 55 heavy (non-hydrogen) atoms. The molecule has 9 aliphatic rings. The van der Waals surface area contributed by atoms with Crippen molar-refractivity contribution in [2.45, 2.75) is 189 Å². The van der Waals surface area contributed by atoms with Crippen LogP contribution in [0.1, 0.15) is 116 Å². The first-order valence-corrected chi connectivity index (χ1v) is 21.9. The molecule has 0 spiro atoms. The van der Waals surface area contributed by atoms with Gasteiger partial charge in [-0.15, -0.1) is 0 Å². The van der Waals surface area contributed by atoms with Crippen LogP contribution in [0.5, 0.6) is 0 Å².